The summed E-state index contributed by atoms with van der Waals surface area (Å²) in [4.78, 5) is 39.1. The molecule has 35 heavy (non-hydrogen) atoms. The van der Waals surface area contributed by atoms with Gasteiger partial charge in [0.2, 0.25) is 11.8 Å². The molecular weight excluding hydrogens is 484 g/mol. The lowest BCUT2D eigenvalue weighted by molar-refractivity contribution is -0.147. The van der Waals surface area contributed by atoms with E-state index in [0.717, 1.165) is 12.0 Å². The van der Waals surface area contributed by atoms with Crippen LogP contribution in [0.25, 0.3) is 0 Å². The first-order chi connectivity index (χ1) is 16.8. The first-order valence-corrected chi connectivity index (χ1v) is 14.2. The third-order valence-electron chi connectivity index (χ3n) is 5.74. The highest BCUT2D eigenvalue weighted by Crippen LogP contribution is 2.11. The van der Waals surface area contributed by atoms with E-state index in [9.17, 15) is 14.4 Å². The quantitative estimate of drug-likeness (QED) is 0.155. The molecule has 0 radical (unpaired) electrons. The van der Waals surface area contributed by atoms with Crippen molar-refractivity contribution in [2.45, 2.75) is 64.2 Å². The fourth-order valence-electron chi connectivity index (χ4n) is 3.45. The van der Waals surface area contributed by atoms with Gasteiger partial charge in [0.05, 0.1) is 12.6 Å². The van der Waals surface area contributed by atoms with Crippen molar-refractivity contribution in [2.75, 3.05) is 30.9 Å². The summed E-state index contributed by atoms with van der Waals surface area (Å²) in [5.41, 5.74) is 6.88. The molecule has 0 bridgehead atoms. The Labute approximate surface area is 219 Å². The molecule has 198 valence electrons. The summed E-state index contributed by atoms with van der Waals surface area (Å²) < 4.78 is 5.15. The normalized spacial score (nSPS) is 15.4. The van der Waals surface area contributed by atoms with Crippen LogP contribution in [-0.4, -0.2) is 72.9 Å². The topological polar surface area (TPSA) is 123 Å². The van der Waals surface area contributed by atoms with Gasteiger partial charge in [-0.15, -0.1) is 0 Å². The van der Waals surface area contributed by atoms with Crippen LogP contribution in [0.2, 0.25) is 0 Å². The highest BCUT2D eigenvalue weighted by Gasteiger charge is 2.31. The number of hydrogen-bond acceptors (Lipinski definition) is 8. The van der Waals surface area contributed by atoms with Gasteiger partial charge in [-0.3, -0.25) is 9.59 Å². The lowest BCUT2D eigenvalue weighted by atomic mass is 9.97. The molecule has 0 aromatic heterocycles. The molecule has 5 N–H and O–H groups in total. The molecule has 0 aliphatic heterocycles. The van der Waals surface area contributed by atoms with E-state index < -0.39 is 30.0 Å². The van der Waals surface area contributed by atoms with Crippen LogP contribution in [-0.2, 0) is 25.5 Å². The van der Waals surface area contributed by atoms with Gasteiger partial charge in [-0.2, -0.15) is 24.4 Å². The summed E-state index contributed by atoms with van der Waals surface area (Å²) in [6.45, 7) is 6.38. The van der Waals surface area contributed by atoms with Crippen molar-refractivity contribution in [3.8, 4) is 0 Å². The number of nitrogens with one attached hydrogen (secondary N) is 3. The van der Waals surface area contributed by atoms with Crippen LogP contribution in [0.1, 0.15) is 39.2 Å². The SMILES string of the molecule is CCOC(=O)C(CCSC)NC(=O)C(Cc1ccccc1)NC(=O)C(NCC(N)CS)C(C)CC. The molecule has 2 amide bonds. The van der Waals surface area contributed by atoms with Crippen LogP contribution in [0.4, 0.5) is 0 Å². The molecule has 0 aliphatic carbocycles. The average molecular weight is 527 g/mol. The smallest absolute Gasteiger partial charge is 0.328 e. The van der Waals surface area contributed by atoms with E-state index >= 15 is 0 Å². The number of thiol groups is 1. The largest absolute Gasteiger partial charge is 0.464 e. The van der Waals surface area contributed by atoms with Crippen LogP contribution < -0.4 is 21.7 Å². The second-order valence-electron chi connectivity index (χ2n) is 8.56. The molecule has 0 aliphatic rings. The van der Waals surface area contributed by atoms with Crippen molar-refractivity contribution < 1.29 is 19.1 Å². The molecule has 1 aromatic carbocycles. The van der Waals surface area contributed by atoms with E-state index in [1.54, 1.807) is 18.7 Å². The lowest BCUT2D eigenvalue weighted by Crippen LogP contribution is -2.58. The number of rotatable bonds is 17. The second-order valence-corrected chi connectivity index (χ2v) is 9.91. The number of benzene rings is 1. The van der Waals surface area contributed by atoms with Crippen molar-refractivity contribution >= 4 is 42.2 Å². The summed E-state index contributed by atoms with van der Waals surface area (Å²) in [5, 5.41) is 8.97. The molecule has 10 heteroatoms. The summed E-state index contributed by atoms with van der Waals surface area (Å²) in [5.74, 6) is 0.0303. The van der Waals surface area contributed by atoms with Crippen LogP contribution in [0.3, 0.4) is 0 Å². The Morgan fingerprint density at radius 3 is 2.31 bits per heavy atom. The zero-order valence-corrected chi connectivity index (χ0v) is 23.0. The highest BCUT2D eigenvalue weighted by molar-refractivity contribution is 7.98. The minimum Gasteiger partial charge on any atom is -0.464 e. The first kappa shape index (κ1) is 31.3. The summed E-state index contributed by atoms with van der Waals surface area (Å²) in [6, 6.07) is 7.12. The standard InChI is InChI=1S/C25H42N4O4S2/c1-5-17(3)22(27-15-19(26)16-34)24(31)29-21(14-18-10-8-7-9-11-18)23(30)28-20(12-13-35-4)25(32)33-6-2/h7-11,17,19-22,27,34H,5-6,12-16,26H2,1-4H3,(H,28,30)(H,29,31). The van der Waals surface area contributed by atoms with Gasteiger partial charge < -0.3 is 26.4 Å². The van der Waals surface area contributed by atoms with Crippen LogP contribution in [0.5, 0.6) is 0 Å². The Hall–Kier alpha value is -1.75. The molecule has 0 heterocycles. The number of esters is 1. The number of amides is 2. The van der Waals surface area contributed by atoms with Gasteiger partial charge in [0, 0.05) is 24.8 Å². The van der Waals surface area contributed by atoms with Crippen molar-refractivity contribution in [1.82, 2.24) is 16.0 Å². The number of carbonyl (C=O) groups is 3. The zero-order valence-electron chi connectivity index (χ0n) is 21.3. The van der Waals surface area contributed by atoms with E-state index in [0.29, 0.717) is 30.9 Å². The van der Waals surface area contributed by atoms with E-state index in [4.69, 9.17) is 10.5 Å². The van der Waals surface area contributed by atoms with Crippen LogP contribution in [0.15, 0.2) is 30.3 Å². The molecule has 5 unspecified atom stereocenters. The lowest BCUT2D eigenvalue weighted by Gasteiger charge is -2.28. The third-order valence-corrected chi connectivity index (χ3v) is 6.86. The minimum atomic E-state index is -0.858. The Balaban J connectivity index is 3.09. The monoisotopic (exact) mass is 526 g/mol. The first-order valence-electron chi connectivity index (χ1n) is 12.2. The summed E-state index contributed by atoms with van der Waals surface area (Å²) >= 11 is 5.79. The minimum absolute atomic E-state index is 0.0245. The van der Waals surface area contributed by atoms with Gasteiger partial charge in [-0.1, -0.05) is 50.6 Å². The Kier molecular flexibility index (Phi) is 15.8. The molecule has 0 saturated heterocycles. The Bertz CT molecular complexity index is 769. The van der Waals surface area contributed by atoms with Crippen molar-refractivity contribution in [1.29, 1.82) is 0 Å². The number of hydrogen-bond donors (Lipinski definition) is 5. The second kappa shape index (κ2) is 17.6. The maximum Gasteiger partial charge on any atom is 0.328 e. The maximum absolute atomic E-state index is 13.3. The molecule has 1 rings (SSSR count). The predicted octanol–water partition coefficient (Wildman–Crippen LogP) is 1.78. The van der Waals surface area contributed by atoms with Gasteiger partial charge in [-0.25, -0.2) is 4.79 Å². The number of thioether (sulfide) groups is 1. The predicted molar refractivity (Wildman–Crippen MR) is 147 cm³/mol. The number of carbonyl (C=O) groups excluding carboxylic acids is 3. The van der Waals surface area contributed by atoms with Crippen molar-refractivity contribution in [2.24, 2.45) is 11.7 Å². The van der Waals surface area contributed by atoms with Crippen LogP contribution in [0, 0.1) is 5.92 Å². The molecule has 0 fully saturated rings. The number of nitrogens with two attached hydrogens (primary N) is 1. The van der Waals surface area contributed by atoms with Crippen molar-refractivity contribution in [3.63, 3.8) is 0 Å². The van der Waals surface area contributed by atoms with E-state index in [-0.39, 0.29) is 24.5 Å². The van der Waals surface area contributed by atoms with Gasteiger partial charge in [0.1, 0.15) is 12.1 Å². The highest BCUT2D eigenvalue weighted by atomic mass is 32.2. The molecule has 5 atom stereocenters. The zero-order chi connectivity index (χ0) is 26.2. The van der Waals surface area contributed by atoms with Crippen molar-refractivity contribution in [3.05, 3.63) is 35.9 Å². The van der Waals surface area contributed by atoms with Gasteiger partial charge >= 0.3 is 5.97 Å². The third kappa shape index (κ3) is 11.7. The van der Waals surface area contributed by atoms with Gasteiger partial charge in [0.25, 0.3) is 0 Å². The fourth-order valence-corrected chi connectivity index (χ4v) is 4.05. The van der Waals surface area contributed by atoms with E-state index in [2.05, 4.69) is 28.6 Å². The van der Waals surface area contributed by atoms with E-state index in [1.807, 2.05) is 50.4 Å². The van der Waals surface area contributed by atoms with Gasteiger partial charge in [-0.05, 0) is 36.8 Å². The Morgan fingerprint density at radius 2 is 1.74 bits per heavy atom. The molecule has 8 nitrogen and oxygen atoms in total. The summed E-state index contributed by atoms with van der Waals surface area (Å²) in [7, 11) is 0. The summed E-state index contributed by atoms with van der Waals surface area (Å²) in [6.07, 6.45) is 3.44. The number of ether oxygens (including phenoxy) is 1. The fraction of sp³-hybridized carbons (Fsp3) is 0.640. The maximum atomic E-state index is 13.3. The van der Waals surface area contributed by atoms with Gasteiger partial charge in [0.15, 0.2) is 0 Å². The van der Waals surface area contributed by atoms with E-state index in [1.165, 1.54) is 0 Å². The average Bonchev–Trinajstić information content (AvgIpc) is 2.86. The van der Waals surface area contributed by atoms with Crippen LogP contribution >= 0.6 is 24.4 Å². The molecule has 0 spiro atoms. The molecular formula is C25H42N4O4S2. The molecule has 1 aromatic rings. The Morgan fingerprint density at radius 1 is 1.09 bits per heavy atom. The molecule has 0 saturated carbocycles.